The van der Waals surface area contributed by atoms with Crippen molar-refractivity contribution in [1.82, 2.24) is 10.0 Å². The number of sulfonamides is 1. The van der Waals surface area contributed by atoms with Crippen molar-refractivity contribution < 1.29 is 17.6 Å². The molecule has 8 heteroatoms. The minimum Gasteiger partial charge on any atom is -0.351 e. The lowest BCUT2D eigenvalue weighted by Crippen LogP contribution is -2.46. The molecule has 0 aliphatic rings. The van der Waals surface area contributed by atoms with Crippen LogP contribution in [-0.4, -0.2) is 32.4 Å². The van der Waals surface area contributed by atoms with Gasteiger partial charge in [0.05, 0.1) is 0 Å². The molecule has 0 bridgehead atoms. The van der Waals surface area contributed by atoms with Crippen LogP contribution >= 0.6 is 11.8 Å². The van der Waals surface area contributed by atoms with E-state index in [2.05, 4.69) is 10.0 Å². The summed E-state index contributed by atoms with van der Waals surface area (Å²) in [6, 6.07) is 12.7. The van der Waals surface area contributed by atoms with Gasteiger partial charge in [-0.15, -0.1) is 0 Å². The SMILES string of the molecule is CSCCC(NS(=O)(=O)/C=C/c1ccccc1)C(=O)NCc1ccc(F)c(C)c1. The second-order valence-corrected chi connectivity index (χ2v) is 9.10. The Morgan fingerprint density at radius 1 is 1.21 bits per heavy atom. The minimum absolute atomic E-state index is 0.192. The van der Waals surface area contributed by atoms with Gasteiger partial charge < -0.3 is 5.32 Å². The highest BCUT2D eigenvalue weighted by Crippen LogP contribution is 2.10. The summed E-state index contributed by atoms with van der Waals surface area (Å²) in [7, 11) is -3.80. The maximum Gasteiger partial charge on any atom is 0.238 e. The van der Waals surface area contributed by atoms with Gasteiger partial charge in [-0.1, -0.05) is 42.5 Å². The van der Waals surface area contributed by atoms with Crippen LogP contribution in [-0.2, 0) is 21.4 Å². The van der Waals surface area contributed by atoms with Crippen LogP contribution in [0.1, 0.15) is 23.1 Å². The maximum absolute atomic E-state index is 13.4. The van der Waals surface area contributed by atoms with Crippen LogP contribution in [0.2, 0.25) is 0 Å². The number of thioether (sulfide) groups is 1. The van der Waals surface area contributed by atoms with Crippen molar-refractivity contribution in [1.29, 1.82) is 0 Å². The summed E-state index contributed by atoms with van der Waals surface area (Å²) in [5.41, 5.74) is 1.98. The van der Waals surface area contributed by atoms with Gasteiger partial charge in [0.1, 0.15) is 11.9 Å². The highest BCUT2D eigenvalue weighted by Gasteiger charge is 2.22. The van der Waals surface area contributed by atoms with Crippen molar-refractivity contribution in [3.63, 3.8) is 0 Å². The van der Waals surface area contributed by atoms with Crippen molar-refractivity contribution in [2.45, 2.75) is 25.9 Å². The number of rotatable bonds is 10. The fourth-order valence-corrected chi connectivity index (χ4v) is 4.09. The van der Waals surface area contributed by atoms with Crippen molar-refractivity contribution in [2.75, 3.05) is 12.0 Å². The van der Waals surface area contributed by atoms with E-state index in [4.69, 9.17) is 0 Å². The number of benzene rings is 2. The summed E-state index contributed by atoms with van der Waals surface area (Å²) in [6.45, 7) is 1.84. The Bertz CT molecular complexity index is 948. The average molecular weight is 437 g/mol. The lowest BCUT2D eigenvalue weighted by atomic mass is 10.1. The zero-order chi connectivity index (χ0) is 21.3. The molecular formula is C21H25FN2O3S2. The summed E-state index contributed by atoms with van der Waals surface area (Å²) in [5, 5.41) is 3.79. The van der Waals surface area contributed by atoms with E-state index in [9.17, 15) is 17.6 Å². The van der Waals surface area contributed by atoms with Crippen LogP contribution in [0.15, 0.2) is 53.9 Å². The van der Waals surface area contributed by atoms with Gasteiger partial charge in [-0.25, -0.2) is 12.8 Å². The molecule has 0 aliphatic heterocycles. The second-order valence-electron chi connectivity index (χ2n) is 6.51. The zero-order valence-electron chi connectivity index (χ0n) is 16.4. The molecule has 0 radical (unpaired) electrons. The highest BCUT2D eigenvalue weighted by atomic mass is 32.2. The van der Waals surface area contributed by atoms with E-state index >= 15 is 0 Å². The number of carbonyl (C=O) groups is 1. The van der Waals surface area contributed by atoms with Gasteiger partial charge in [0.15, 0.2) is 0 Å². The van der Waals surface area contributed by atoms with Crippen LogP contribution in [0.5, 0.6) is 0 Å². The van der Waals surface area contributed by atoms with Crippen LogP contribution in [0.4, 0.5) is 4.39 Å². The molecular weight excluding hydrogens is 411 g/mol. The number of carbonyl (C=O) groups excluding carboxylic acids is 1. The van der Waals surface area contributed by atoms with Gasteiger partial charge in [0.2, 0.25) is 15.9 Å². The Balaban J connectivity index is 2.03. The molecule has 0 aliphatic carbocycles. The van der Waals surface area contributed by atoms with E-state index in [0.717, 1.165) is 16.5 Å². The second kappa shape index (κ2) is 11.1. The molecule has 1 amide bonds. The molecule has 1 unspecified atom stereocenters. The van der Waals surface area contributed by atoms with Gasteiger partial charge in [0.25, 0.3) is 0 Å². The maximum atomic E-state index is 13.4. The molecule has 2 N–H and O–H groups in total. The normalized spacial score (nSPS) is 12.8. The monoisotopic (exact) mass is 436 g/mol. The van der Waals surface area contributed by atoms with E-state index in [1.807, 2.05) is 24.5 Å². The quantitative estimate of drug-likeness (QED) is 0.598. The third-order valence-electron chi connectivity index (χ3n) is 4.16. The van der Waals surface area contributed by atoms with Gasteiger partial charge in [-0.3, -0.25) is 4.79 Å². The van der Waals surface area contributed by atoms with Crippen molar-refractivity contribution in [3.8, 4) is 0 Å². The van der Waals surface area contributed by atoms with Gasteiger partial charge in [-0.05, 0) is 54.2 Å². The van der Waals surface area contributed by atoms with Gasteiger partial charge in [-0.2, -0.15) is 16.5 Å². The molecule has 1 atom stereocenters. The minimum atomic E-state index is -3.80. The first kappa shape index (κ1) is 23.1. The molecule has 0 saturated carbocycles. The number of aryl methyl sites for hydroxylation is 1. The Labute approximate surface area is 175 Å². The fourth-order valence-electron chi connectivity index (χ4n) is 2.58. The molecule has 29 heavy (non-hydrogen) atoms. The van der Waals surface area contributed by atoms with E-state index in [0.29, 0.717) is 17.7 Å². The van der Waals surface area contributed by atoms with Crippen LogP contribution < -0.4 is 10.0 Å². The molecule has 5 nitrogen and oxygen atoms in total. The lowest BCUT2D eigenvalue weighted by Gasteiger charge is -2.17. The predicted molar refractivity (Wildman–Crippen MR) is 117 cm³/mol. The number of hydrogen-bond acceptors (Lipinski definition) is 4. The van der Waals surface area contributed by atoms with Gasteiger partial charge >= 0.3 is 0 Å². The van der Waals surface area contributed by atoms with Crippen LogP contribution in [0, 0.1) is 12.7 Å². The molecule has 0 saturated heterocycles. The Hall–Kier alpha value is -2.16. The van der Waals surface area contributed by atoms with E-state index in [-0.39, 0.29) is 12.4 Å². The van der Waals surface area contributed by atoms with E-state index in [1.165, 1.54) is 23.9 Å². The molecule has 0 aromatic heterocycles. The standard InChI is InChI=1S/C21H25FN2O3S2/c1-16-14-18(8-9-19(16)22)15-23-21(25)20(10-12-28-2)24-29(26,27)13-11-17-6-4-3-5-7-17/h3-9,11,13-14,20,24H,10,12,15H2,1-2H3,(H,23,25)/b13-11+. The molecule has 0 fully saturated rings. The molecule has 2 rings (SSSR count). The first-order chi connectivity index (χ1) is 13.8. The Kier molecular flexibility index (Phi) is 8.88. The lowest BCUT2D eigenvalue weighted by molar-refractivity contribution is -0.122. The molecule has 2 aromatic carbocycles. The highest BCUT2D eigenvalue weighted by molar-refractivity contribution is 7.98. The molecule has 156 valence electrons. The number of amides is 1. The summed E-state index contributed by atoms with van der Waals surface area (Å²) in [6.07, 6.45) is 3.72. The molecule has 0 heterocycles. The largest absolute Gasteiger partial charge is 0.351 e. The first-order valence-electron chi connectivity index (χ1n) is 9.08. The van der Waals surface area contributed by atoms with Crippen molar-refractivity contribution in [2.24, 2.45) is 0 Å². The van der Waals surface area contributed by atoms with Gasteiger partial charge in [0, 0.05) is 12.0 Å². The number of hydrogen-bond donors (Lipinski definition) is 2. The summed E-state index contributed by atoms with van der Waals surface area (Å²) >= 11 is 1.53. The topological polar surface area (TPSA) is 75.3 Å². The molecule has 2 aromatic rings. The summed E-state index contributed by atoms with van der Waals surface area (Å²) < 4.78 is 40.7. The van der Waals surface area contributed by atoms with E-state index in [1.54, 1.807) is 31.2 Å². The zero-order valence-corrected chi connectivity index (χ0v) is 18.0. The van der Waals surface area contributed by atoms with E-state index < -0.39 is 22.0 Å². The summed E-state index contributed by atoms with van der Waals surface area (Å²) in [5.74, 6) is -0.104. The average Bonchev–Trinajstić information content (AvgIpc) is 2.71. The number of halogens is 1. The Morgan fingerprint density at radius 2 is 1.93 bits per heavy atom. The predicted octanol–water partition coefficient (Wildman–Crippen LogP) is 3.46. The summed E-state index contributed by atoms with van der Waals surface area (Å²) in [4.78, 5) is 12.6. The van der Waals surface area contributed by atoms with Crippen LogP contribution in [0.3, 0.4) is 0 Å². The van der Waals surface area contributed by atoms with Crippen molar-refractivity contribution in [3.05, 3.63) is 76.4 Å². The number of nitrogens with one attached hydrogen (secondary N) is 2. The Morgan fingerprint density at radius 3 is 2.59 bits per heavy atom. The first-order valence-corrected chi connectivity index (χ1v) is 12.0. The fraction of sp³-hybridized carbons (Fsp3) is 0.286. The molecule has 0 spiro atoms. The smallest absolute Gasteiger partial charge is 0.238 e. The van der Waals surface area contributed by atoms with Crippen molar-refractivity contribution >= 4 is 33.8 Å². The third-order valence-corrected chi connectivity index (χ3v) is 5.91. The van der Waals surface area contributed by atoms with Crippen LogP contribution in [0.25, 0.3) is 6.08 Å². The third kappa shape index (κ3) is 8.00.